The number of hydrogen-bond acceptors (Lipinski definition) is 3. The lowest BCUT2D eigenvalue weighted by Gasteiger charge is -2.30. The van der Waals surface area contributed by atoms with Crippen LogP contribution in [0, 0.1) is 0 Å². The van der Waals surface area contributed by atoms with Crippen molar-refractivity contribution in [3.8, 4) is 0 Å². The van der Waals surface area contributed by atoms with Crippen molar-refractivity contribution in [1.29, 1.82) is 0 Å². The van der Waals surface area contributed by atoms with E-state index in [0.29, 0.717) is 0 Å². The van der Waals surface area contributed by atoms with Gasteiger partial charge in [-0.05, 0) is 51.4 Å². The molecule has 0 aliphatic heterocycles. The quantitative estimate of drug-likeness (QED) is 0.197. The van der Waals surface area contributed by atoms with E-state index in [4.69, 9.17) is 13.3 Å². The lowest BCUT2D eigenvalue weighted by atomic mass is 9.98. The Morgan fingerprint density at radius 2 is 1.38 bits per heavy atom. The zero-order chi connectivity index (χ0) is 17.5. The van der Waals surface area contributed by atoms with Gasteiger partial charge < -0.3 is 13.3 Å². The lowest BCUT2D eigenvalue weighted by molar-refractivity contribution is 0.0563. The van der Waals surface area contributed by atoms with E-state index in [0.717, 1.165) is 70.8 Å². The molecule has 0 aromatic carbocycles. The molecule has 0 aromatic heterocycles. The van der Waals surface area contributed by atoms with Gasteiger partial charge >= 0.3 is 8.80 Å². The molecule has 1 rings (SSSR count). The molecule has 0 heterocycles. The molecule has 0 saturated carbocycles. The Hall–Kier alpha value is -0.163. The summed E-state index contributed by atoms with van der Waals surface area (Å²) >= 11 is 0. The van der Waals surface area contributed by atoms with Crippen molar-refractivity contribution >= 4 is 8.80 Å². The van der Waals surface area contributed by atoms with Crippen LogP contribution >= 0.6 is 0 Å². The highest BCUT2D eigenvalue weighted by atomic mass is 28.4. The third-order valence-corrected chi connectivity index (χ3v) is 7.39. The van der Waals surface area contributed by atoms with Crippen molar-refractivity contribution in [2.45, 2.75) is 97.4 Å². The second-order valence-corrected chi connectivity index (χ2v) is 9.63. The van der Waals surface area contributed by atoms with E-state index < -0.39 is 8.80 Å². The summed E-state index contributed by atoms with van der Waals surface area (Å²) < 4.78 is 19.0. The summed E-state index contributed by atoms with van der Waals surface area (Å²) in [6, 6.07) is 0.954. The highest BCUT2D eigenvalue weighted by Gasteiger charge is 2.40. The third-order valence-electron chi connectivity index (χ3n) is 4.60. The van der Waals surface area contributed by atoms with Crippen molar-refractivity contribution in [1.82, 2.24) is 0 Å². The van der Waals surface area contributed by atoms with Gasteiger partial charge in [0.25, 0.3) is 0 Å². The predicted octanol–water partition coefficient (Wildman–Crippen LogP) is 6.27. The molecule has 4 heteroatoms. The normalized spacial score (nSPS) is 15.5. The maximum absolute atomic E-state index is 6.32. The summed E-state index contributed by atoms with van der Waals surface area (Å²) in [6.07, 6.45) is 15.4. The third kappa shape index (κ3) is 9.35. The largest absolute Gasteiger partial charge is 0.501 e. The monoisotopic (exact) mass is 356 g/mol. The molecule has 1 aliphatic rings. The summed E-state index contributed by atoms with van der Waals surface area (Å²) in [5.41, 5.74) is 1.59. The standard InChI is InChI=1S/C20H40O3Si/c1-4-7-16-21-24(22-17-8-5-2,23-18-9-6-3)19-15-20-13-11-10-12-14-20/h13H,4-12,14-19H2,1-3H3. The van der Waals surface area contributed by atoms with Crippen LogP contribution in [0.4, 0.5) is 0 Å². The molecule has 0 saturated heterocycles. The van der Waals surface area contributed by atoms with Crippen LogP contribution in [-0.2, 0) is 13.3 Å². The summed E-state index contributed by atoms with van der Waals surface area (Å²) in [6.45, 7) is 8.94. The van der Waals surface area contributed by atoms with Crippen LogP contribution < -0.4 is 0 Å². The van der Waals surface area contributed by atoms with Gasteiger partial charge in [-0.15, -0.1) is 0 Å². The highest BCUT2D eigenvalue weighted by molar-refractivity contribution is 6.60. The van der Waals surface area contributed by atoms with Crippen LogP contribution in [0.25, 0.3) is 0 Å². The van der Waals surface area contributed by atoms with E-state index in [-0.39, 0.29) is 0 Å². The van der Waals surface area contributed by atoms with Gasteiger partial charge in [0, 0.05) is 25.9 Å². The molecule has 0 unspecified atom stereocenters. The Bertz CT molecular complexity index is 304. The maximum atomic E-state index is 6.32. The van der Waals surface area contributed by atoms with Gasteiger partial charge in [0.1, 0.15) is 0 Å². The topological polar surface area (TPSA) is 27.7 Å². The van der Waals surface area contributed by atoms with E-state index >= 15 is 0 Å². The van der Waals surface area contributed by atoms with E-state index in [2.05, 4.69) is 26.8 Å². The van der Waals surface area contributed by atoms with Crippen molar-refractivity contribution in [2.24, 2.45) is 0 Å². The number of hydrogen-bond donors (Lipinski definition) is 0. The Kier molecular flexibility index (Phi) is 12.8. The van der Waals surface area contributed by atoms with E-state index in [1.54, 1.807) is 5.57 Å². The Labute approximate surface area is 151 Å². The molecule has 0 spiro atoms. The zero-order valence-corrected chi connectivity index (χ0v) is 17.4. The minimum atomic E-state index is -2.53. The molecule has 0 N–H and O–H groups in total. The summed E-state index contributed by atoms with van der Waals surface area (Å²) in [5.74, 6) is 0. The first-order valence-electron chi connectivity index (χ1n) is 10.4. The molecule has 0 bridgehead atoms. The van der Waals surface area contributed by atoms with E-state index in [1.807, 2.05) is 0 Å². The molecule has 0 aromatic rings. The van der Waals surface area contributed by atoms with Crippen LogP contribution in [0.15, 0.2) is 11.6 Å². The second kappa shape index (κ2) is 14.1. The van der Waals surface area contributed by atoms with E-state index in [1.165, 1.54) is 25.7 Å². The molecular weight excluding hydrogens is 316 g/mol. The van der Waals surface area contributed by atoms with Gasteiger partial charge in [-0.25, -0.2) is 0 Å². The average molecular weight is 357 g/mol. The number of allylic oxidation sites excluding steroid dienone is 2. The first kappa shape index (κ1) is 21.9. The fourth-order valence-electron chi connectivity index (χ4n) is 2.90. The number of rotatable bonds is 15. The SMILES string of the molecule is CCCCO[Si](CCC1=CCCCC1)(OCCCC)OCCCC. The first-order valence-corrected chi connectivity index (χ1v) is 12.3. The fourth-order valence-corrected chi connectivity index (χ4v) is 5.58. The fraction of sp³-hybridized carbons (Fsp3) is 0.900. The second-order valence-electron chi connectivity index (χ2n) is 6.90. The highest BCUT2D eigenvalue weighted by Crippen LogP contribution is 2.27. The molecule has 0 atom stereocenters. The first-order chi connectivity index (χ1) is 11.8. The van der Waals surface area contributed by atoms with Crippen molar-refractivity contribution in [3.63, 3.8) is 0 Å². The molecule has 0 amide bonds. The van der Waals surface area contributed by atoms with E-state index in [9.17, 15) is 0 Å². The van der Waals surface area contributed by atoms with Crippen molar-refractivity contribution in [3.05, 3.63) is 11.6 Å². The van der Waals surface area contributed by atoms with Crippen LogP contribution in [0.2, 0.25) is 6.04 Å². The van der Waals surface area contributed by atoms with Crippen LogP contribution in [0.5, 0.6) is 0 Å². The van der Waals surface area contributed by atoms with Crippen LogP contribution in [0.1, 0.15) is 91.4 Å². The molecule has 0 radical (unpaired) electrons. The van der Waals surface area contributed by atoms with Crippen LogP contribution in [0.3, 0.4) is 0 Å². The maximum Gasteiger partial charge on any atom is 0.501 e. The summed E-state index contributed by atoms with van der Waals surface area (Å²) in [5, 5.41) is 0. The van der Waals surface area contributed by atoms with Crippen LogP contribution in [-0.4, -0.2) is 28.6 Å². The minimum Gasteiger partial charge on any atom is -0.373 e. The Morgan fingerprint density at radius 1 is 0.833 bits per heavy atom. The minimum absolute atomic E-state index is 0.778. The lowest BCUT2D eigenvalue weighted by Crippen LogP contribution is -2.46. The summed E-state index contributed by atoms with van der Waals surface area (Å²) in [4.78, 5) is 0. The summed E-state index contributed by atoms with van der Waals surface area (Å²) in [7, 11) is -2.53. The smallest absolute Gasteiger partial charge is 0.373 e. The molecule has 24 heavy (non-hydrogen) atoms. The van der Waals surface area contributed by atoms with Crippen molar-refractivity contribution in [2.75, 3.05) is 19.8 Å². The molecule has 142 valence electrons. The predicted molar refractivity (Wildman–Crippen MR) is 104 cm³/mol. The number of unbranched alkanes of at least 4 members (excludes halogenated alkanes) is 3. The molecule has 1 aliphatic carbocycles. The Balaban J connectivity index is 2.65. The molecule has 0 fully saturated rings. The van der Waals surface area contributed by atoms with Crippen molar-refractivity contribution < 1.29 is 13.3 Å². The molecule has 3 nitrogen and oxygen atoms in total. The molecular formula is C20H40O3Si. The van der Waals surface area contributed by atoms with Gasteiger partial charge in [-0.2, -0.15) is 0 Å². The van der Waals surface area contributed by atoms with Gasteiger partial charge in [0.05, 0.1) is 0 Å². The van der Waals surface area contributed by atoms with Gasteiger partial charge in [-0.3, -0.25) is 0 Å². The zero-order valence-electron chi connectivity index (χ0n) is 16.4. The van der Waals surface area contributed by atoms with Gasteiger partial charge in [0.2, 0.25) is 0 Å². The van der Waals surface area contributed by atoms with Gasteiger partial charge in [-0.1, -0.05) is 51.7 Å². The average Bonchev–Trinajstić information content (AvgIpc) is 2.61. The van der Waals surface area contributed by atoms with Gasteiger partial charge in [0.15, 0.2) is 0 Å². The Morgan fingerprint density at radius 3 is 1.79 bits per heavy atom.